The van der Waals surface area contributed by atoms with Crippen molar-refractivity contribution >= 4 is 5.69 Å². The summed E-state index contributed by atoms with van der Waals surface area (Å²) in [7, 11) is 0. The van der Waals surface area contributed by atoms with Crippen LogP contribution in [0.3, 0.4) is 0 Å². The highest BCUT2D eigenvalue weighted by Gasteiger charge is 2.23. The van der Waals surface area contributed by atoms with Crippen molar-refractivity contribution < 1.29 is 0 Å². The van der Waals surface area contributed by atoms with Crippen LogP contribution in [0.5, 0.6) is 0 Å². The lowest BCUT2D eigenvalue weighted by atomic mass is 10.2. The molecule has 1 aliphatic carbocycles. The zero-order chi connectivity index (χ0) is 14.1. The molecule has 0 spiro atoms. The van der Waals surface area contributed by atoms with Gasteiger partial charge in [-0.1, -0.05) is 12.1 Å². The monoisotopic (exact) mass is 277 g/mol. The highest BCUT2D eigenvalue weighted by Crippen LogP contribution is 2.32. The molecule has 1 atom stereocenters. The van der Waals surface area contributed by atoms with Gasteiger partial charge >= 0.3 is 0 Å². The molecule has 0 saturated carbocycles. The van der Waals surface area contributed by atoms with Crippen LogP contribution in [0, 0.1) is 0 Å². The molecule has 1 unspecified atom stereocenters. The molecule has 0 saturated heterocycles. The number of fused-ring (bicyclic) bond motifs is 1. The molecule has 0 bridgehead atoms. The lowest BCUT2D eigenvalue weighted by molar-refractivity contribution is 0.746. The van der Waals surface area contributed by atoms with Crippen LogP contribution in [0.4, 0.5) is 5.69 Å². The fourth-order valence-electron chi connectivity index (χ4n) is 2.84. The van der Waals surface area contributed by atoms with Crippen LogP contribution in [-0.2, 0) is 6.42 Å². The van der Waals surface area contributed by atoms with Crippen molar-refractivity contribution in [3.05, 3.63) is 66.5 Å². The van der Waals surface area contributed by atoms with E-state index in [0.717, 1.165) is 24.2 Å². The summed E-state index contributed by atoms with van der Waals surface area (Å²) in [6.07, 6.45) is 7.44. The normalized spacial score (nSPS) is 16.7. The second kappa shape index (κ2) is 5.01. The van der Waals surface area contributed by atoms with E-state index in [9.17, 15) is 0 Å². The van der Waals surface area contributed by atoms with Gasteiger partial charge in [0.25, 0.3) is 0 Å². The molecule has 0 amide bonds. The summed E-state index contributed by atoms with van der Waals surface area (Å²) in [5.41, 5.74) is 4.66. The first-order valence-corrected chi connectivity index (χ1v) is 7.05. The minimum atomic E-state index is 0.289. The summed E-state index contributed by atoms with van der Waals surface area (Å²) in [6, 6.07) is 12.7. The van der Waals surface area contributed by atoms with E-state index in [0.29, 0.717) is 0 Å². The predicted octanol–water partition coefficient (Wildman–Crippen LogP) is 2.76. The van der Waals surface area contributed by atoms with Gasteiger partial charge in [0.1, 0.15) is 12.7 Å². The Morgan fingerprint density at radius 2 is 2.00 bits per heavy atom. The third-order valence-corrected chi connectivity index (χ3v) is 3.86. The van der Waals surface area contributed by atoms with Crippen molar-refractivity contribution in [1.82, 2.24) is 19.7 Å². The van der Waals surface area contributed by atoms with Gasteiger partial charge in [0.2, 0.25) is 0 Å². The maximum Gasteiger partial charge on any atom is 0.123 e. The second-order valence-corrected chi connectivity index (χ2v) is 5.20. The molecule has 1 aliphatic rings. The summed E-state index contributed by atoms with van der Waals surface area (Å²) < 4.78 is 1.89. The summed E-state index contributed by atoms with van der Waals surface area (Å²) in [6.45, 7) is 0. The van der Waals surface area contributed by atoms with Gasteiger partial charge in [0.05, 0.1) is 17.4 Å². The van der Waals surface area contributed by atoms with Crippen molar-refractivity contribution in [2.45, 2.75) is 18.9 Å². The zero-order valence-corrected chi connectivity index (χ0v) is 11.5. The van der Waals surface area contributed by atoms with E-state index in [2.05, 4.69) is 38.7 Å². The number of aromatic nitrogens is 4. The van der Waals surface area contributed by atoms with Crippen molar-refractivity contribution in [3.8, 4) is 5.69 Å². The molecule has 1 N–H and O–H groups in total. The first-order valence-electron chi connectivity index (χ1n) is 7.05. The van der Waals surface area contributed by atoms with E-state index in [1.165, 1.54) is 11.3 Å². The van der Waals surface area contributed by atoms with E-state index in [-0.39, 0.29) is 6.04 Å². The summed E-state index contributed by atoms with van der Waals surface area (Å²) >= 11 is 0. The Morgan fingerprint density at radius 1 is 1.10 bits per heavy atom. The second-order valence-electron chi connectivity index (χ2n) is 5.20. The largest absolute Gasteiger partial charge is 0.377 e. The van der Waals surface area contributed by atoms with Crippen LogP contribution in [0.2, 0.25) is 0 Å². The first kappa shape index (κ1) is 12.1. The van der Waals surface area contributed by atoms with E-state index >= 15 is 0 Å². The van der Waals surface area contributed by atoms with Gasteiger partial charge in [-0.3, -0.25) is 9.55 Å². The zero-order valence-electron chi connectivity index (χ0n) is 11.5. The van der Waals surface area contributed by atoms with Crippen molar-refractivity contribution in [2.75, 3.05) is 5.32 Å². The number of hydrogen-bond donors (Lipinski definition) is 1. The van der Waals surface area contributed by atoms with Crippen LogP contribution in [0.1, 0.15) is 23.7 Å². The number of hydrogen-bond acceptors (Lipinski definition) is 4. The van der Waals surface area contributed by atoms with E-state index in [4.69, 9.17) is 0 Å². The molecular formula is C16H15N5. The number of nitrogens with one attached hydrogen (secondary N) is 1. The number of rotatable bonds is 3. The molecule has 21 heavy (non-hydrogen) atoms. The molecule has 0 radical (unpaired) electrons. The van der Waals surface area contributed by atoms with Crippen LogP contribution >= 0.6 is 0 Å². The molecule has 2 aromatic heterocycles. The average molecular weight is 277 g/mol. The van der Waals surface area contributed by atoms with Gasteiger partial charge in [0.15, 0.2) is 0 Å². The van der Waals surface area contributed by atoms with E-state index in [1.54, 1.807) is 12.7 Å². The van der Waals surface area contributed by atoms with E-state index < -0.39 is 0 Å². The Hall–Kier alpha value is -2.69. The van der Waals surface area contributed by atoms with Crippen molar-refractivity contribution in [2.24, 2.45) is 0 Å². The third-order valence-electron chi connectivity index (χ3n) is 3.86. The minimum Gasteiger partial charge on any atom is -0.377 e. The molecule has 104 valence electrons. The van der Waals surface area contributed by atoms with Gasteiger partial charge in [-0.2, -0.15) is 0 Å². The smallest absolute Gasteiger partial charge is 0.123 e. The lowest BCUT2D eigenvalue weighted by Gasteiger charge is -2.15. The molecule has 5 nitrogen and oxygen atoms in total. The van der Waals surface area contributed by atoms with Gasteiger partial charge in [-0.05, 0) is 42.7 Å². The maximum absolute atomic E-state index is 4.52. The number of benzene rings is 1. The Kier molecular flexibility index (Phi) is 2.88. The highest BCUT2D eigenvalue weighted by atomic mass is 15.2. The average Bonchev–Trinajstić information content (AvgIpc) is 3.18. The summed E-state index contributed by atoms with van der Waals surface area (Å²) in [5, 5.41) is 11.3. The summed E-state index contributed by atoms with van der Waals surface area (Å²) in [5.74, 6) is 0. The molecular weight excluding hydrogens is 262 g/mol. The first-order chi connectivity index (χ1) is 10.4. The van der Waals surface area contributed by atoms with Crippen molar-refractivity contribution in [1.29, 1.82) is 0 Å². The van der Waals surface area contributed by atoms with E-state index in [1.807, 2.05) is 29.0 Å². The fourth-order valence-corrected chi connectivity index (χ4v) is 2.84. The molecule has 4 rings (SSSR count). The van der Waals surface area contributed by atoms with Gasteiger partial charge in [-0.25, -0.2) is 0 Å². The third kappa shape index (κ3) is 2.27. The number of aryl methyl sites for hydroxylation is 1. The molecule has 0 aliphatic heterocycles. The Bertz CT molecular complexity index is 751. The van der Waals surface area contributed by atoms with Crippen LogP contribution in [-0.4, -0.2) is 19.7 Å². The standard InChI is InChI=1S/C16H15N5/c1-4-13(9-14(5-1)21-10-18-19-11-21)20-15-7-6-12-3-2-8-17-16(12)15/h1-5,8-11,15,20H,6-7H2. The summed E-state index contributed by atoms with van der Waals surface area (Å²) in [4.78, 5) is 4.52. The molecule has 2 heterocycles. The number of pyridine rings is 1. The predicted molar refractivity (Wildman–Crippen MR) is 80.3 cm³/mol. The molecule has 5 heteroatoms. The maximum atomic E-state index is 4.52. The molecule has 1 aromatic carbocycles. The highest BCUT2D eigenvalue weighted by molar-refractivity contribution is 5.53. The van der Waals surface area contributed by atoms with Gasteiger partial charge in [0, 0.05) is 11.9 Å². The molecule has 3 aromatic rings. The SMILES string of the molecule is c1cc(NC2CCc3cccnc32)cc(-n2cnnc2)c1. The quantitative estimate of drug-likeness (QED) is 0.799. The van der Waals surface area contributed by atoms with Crippen LogP contribution in [0.15, 0.2) is 55.2 Å². The number of nitrogens with zero attached hydrogens (tertiary/aromatic N) is 4. The fraction of sp³-hybridized carbons (Fsp3) is 0.188. The lowest BCUT2D eigenvalue weighted by Crippen LogP contribution is -2.08. The van der Waals surface area contributed by atoms with Gasteiger partial charge < -0.3 is 5.32 Å². The molecule has 0 fully saturated rings. The Morgan fingerprint density at radius 3 is 2.90 bits per heavy atom. The van der Waals surface area contributed by atoms with Crippen LogP contribution < -0.4 is 5.32 Å². The topological polar surface area (TPSA) is 55.6 Å². The Balaban J connectivity index is 1.60. The Labute approximate surface area is 122 Å². The van der Waals surface area contributed by atoms with Gasteiger partial charge in [-0.15, -0.1) is 10.2 Å². The van der Waals surface area contributed by atoms with Crippen molar-refractivity contribution in [3.63, 3.8) is 0 Å². The minimum absolute atomic E-state index is 0.289. The van der Waals surface area contributed by atoms with Crippen LogP contribution in [0.25, 0.3) is 5.69 Å². The number of anilines is 1.